The largest absolute Gasteiger partial charge is 0.494 e. The maximum absolute atomic E-state index is 11.2. The summed E-state index contributed by atoms with van der Waals surface area (Å²) in [5.74, 6) is -0.830. The molecule has 0 unspecified atom stereocenters. The van der Waals surface area contributed by atoms with Gasteiger partial charge < -0.3 is 20.6 Å². The molecule has 0 aliphatic rings. The monoisotopic (exact) mass is 513 g/mol. The van der Waals surface area contributed by atoms with E-state index in [0.717, 1.165) is 6.42 Å². The van der Waals surface area contributed by atoms with Gasteiger partial charge in [0.2, 0.25) is 0 Å². The summed E-state index contributed by atoms with van der Waals surface area (Å²) in [6.45, 7) is 13.5. The third-order valence-electron chi connectivity index (χ3n) is 3.38. The second-order valence-electron chi connectivity index (χ2n) is 6.19. The minimum absolute atomic E-state index is 0. The number of carboxylic acid groups (broad SMARTS) is 1. The van der Waals surface area contributed by atoms with Gasteiger partial charge in [-0.1, -0.05) is 63.6 Å². The molecule has 0 aromatic heterocycles. The van der Waals surface area contributed by atoms with E-state index in [1.807, 2.05) is 6.92 Å². The molecule has 0 bridgehead atoms. The molecule has 0 saturated heterocycles. The van der Waals surface area contributed by atoms with Crippen LogP contribution in [0.5, 0.6) is 5.75 Å². The topological polar surface area (TPSA) is 94.8 Å². The maximum atomic E-state index is 11.2. The van der Waals surface area contributed by atoms with Crippen molar-refractivity contribution in [3.63, 3.8) is 0 Å². The fraction of sp³-hybridized carbons (Fsp3) is 0.375. The van der Waals surface area contributed by atoms with Crippen molar-refractivity contribution in [1.29, 1.82) is 5.41 Å². The van der Waals surface area contributed by atoms with Crippen molar-refractivity contribution in [3.05, 3.63) is 59.3 Å². The number of allylic oxidation sites excluding steroid dienone is 3. The fourth-order valence-corrected chi connectivity index (χ4v) is 2.08. The number of aliphatic carboxylic acids is 1. The van der Waals surface area contributed by atoms with Gasteiger partial charge in [0.1, 0.15) is 10.8 Å². The molecular weight excluding hydrogens is 479 g/mol. The maximum Gasteiger partial charge on any atom is 0.337 e. The Hall–Kier alpha value is -2.24. The summed E-state index contributed by atoms with van der Waals surface area (Å²) in [4.78, 5) is 15.5. The van der Waals surface area contributed by atoms with Gasteiger partial charge in [-0.15, -0.1) is 0 Å². The standard InChI is InChI=1S/C16H18ClN3O3.C5H10.C3H8.Zn/c1-9(16(21)22)13(8-14(17)19-3)20-12-7-5-6-11(10(2)18)15(12)23-4;1-3-5-4-2;1-3-2;/h5-8,18-19H,1H2,2-4H3,(H,21,22);3,5H,4H2,1-2H3;3H2,1-2H3;/b14-8-,18-10?,20-13?;5-3+;;. The van der Waals surface area contributed by atoms with E-state index in [-0.39, 0.29) is 35.9 Å². The van der Waals surface area contributed by atoms with Crippen LogP contribution in [0.1, 0.15) is 53.0 Å². The van der Waals surface area contributed by atoms with E-state index in [1.54, 1.807) is 32.2 Å². The molecule has 3 N–H and O–H groups in total. The summed E-state index contributed by atoms with van der Waals surface area (Å²) in [6.07, 6.45) is 7.96. The number of hydrogen-bond acceptors (Lipinski definition) is 5. The third kappa shape index (κ3) is 13.9. The number of halogens is 1. The molecule has 0 atom stereocenters. The van der Waals surface area contributed by atoms with Gasteiger partial charge in [-0.25, -0.2) is 9.79 Å². The number of nitrogens with zero attached hydrogens (tertiary/aromatic N) is 1. The number of ether oxygens (including phenoxy) is 1. The molecule has 0 radical (unpaired) electrons. The molecule has 0 spiro atoms. The molecule has 0 fully saturated rings. The Kier molecular flexibility index (Phi) is 22.2. The number of aliphatic imine (C=N–C) groups is 1. The van der Waals surface area contributed by atoms with Crippen molar-refractivity contribution in [1.82, 2.24) is 5.32 Å². The quantitative estimate of drug-likeness (QED) is 0.121. The van der Waals surface area contributed by atoms with Gasteiger partial charge in [0, 0.05) is 37.8 Å². The first kappa shape index (κ1) is 34.4. The summed E-state index contributed by atoms with van der Waals surface area (Å²) >= 11 is 5.90. The first-order chi connectivity index (χ1) is 14.6. The van der Waals surface area contributed by atoms with Crippen LogP contribution < -0.4 is 10.1 Å². The van der Waals surface area contributed by atoms with E-state index >= 15 is 0 Å². The number of nitrogens with one attached hydrogen (secondary N) is 2. The summed E-state index contributed by atoms with van der Waals surface area (Å²) in [6, 6.07) is 5.09. The van der Waals surface area contributed by atoms with Crippen molar-refractivity contribution >= 4 is 34.7 Å². The zero-order valence-electron chi connectivity index (χ0n) is 20.4. The number of methoxy groups -OCH3 is 1. The van der Waals surface area contributed by atoms with Gasteiger partial charge in [0.15, 0.2) is 5.75 Å². The fourth-order valence-electron chi connectivity index (χ4n) is 1.98. The predicted octanol–water partition coefficient (Wildman–Crippen LogP) is 6.48. The Morgan fingerprint density at radius 1 is 1.34 bits per heavy atom. The molecule has 8 heteroatoms. The second kappa shape index (κ2) is 20.7. The number of rotatable bonds is 8. The van der Waals surface area contributed by atoms with Crippen LogP contribution in [0.15, 0.2) is 58.7 Å². The minimum Gasteiger partial charge on any atom is -0.494 e. The Morgan fingerprint density at radius 3 is 2.25 bits per heavy atom. The molecule has 1 aromatic carbocycles. The van der Waals surface area contributed by atoms with Crippen molar-refractivity contribution in [2.75, 3.05) is 14.2 Å². The summed E-state index contributed by atoms with van der Waals surface area (Å²) < 4.78 is 5.32. The minimum atomic E-state index is -1.21. The first-order valence-electron chi connectivity index (χ1n) is 10.0. The molecule has 0 heterocycles. The van der Waals surface area contributed by atoms with Crippen LogP contribution in [0.25, 0.3) is 0 Å². The van der Waals surface area contributed by atoms with Gasteiger partial charge in [0.05, 0.1) is 18.4 Å². The second-order valence-corrected chi connectivity index (χ2v) is 6.60. The van der Waals surface area contributed by atoms with E-state index in [4.69, 9.17) is 26.9 Å². The van der Waals surface area contributed by atoms with E-state index in [9.17, 15) is 4.79 Å². The van der Waals surface area contributed by atoms with Crippen molar-refractivity contribution in [3.8, 4) is 5.75 Å². The van der Waals surface area contributed by atoms with Crippen LogP contribution in [-0.2, 0) is 24.3 Å². The number of carboxylic acids is 1. The summed E-state index contributed by atoms with van der Waals surface area (Å²) in [7, 11) is 3.06. The van der Waals surface area contributed by atoms with E-state index < -0.39 is 5.97 Å². The van der Waals surface area contributed by atoms with Gasteiger partial charge in [-0.05, 0) is 38.5 Å². The Morgan fingerprint density at radius 2 is 1.91 bits per heavy atom. The summed E-state index contributed by atoms with van der Waals surface area (Å²) in [5.41, 5.74) is 1.12. The Bertz CT molecular complexity index is 819. The average Bonchev–Trinajstić information content (AvgIpc) is 2.73. The van der Waals surface area contributed by atoms with Crippen LogP contribution in [0.2, 0.25) is 0 Å². The number of benzene rings is 1. The van der Waals surface area contributed by atoms with Gasteiger partial charge in [0.25, 0.3) is 0 Å². The van der Waals surface area contributed by atoms with Crippen LogP contribution in [-0.4, -0.2) is 36.7 Å². The van der Waals surface area contributed by atoms with Crippen LogP contribution in [0, 0.1) is 5.41 Å². The Balaban J connectivity index is -0.000000804. The third-order valence-corrected chi connectivity index (χ3v) is 3.68. The molecule has 6 nitrogen and oxygen atoms in total. The summed E-state index contributed by atoms with van der Waals surface area (Å²) in [5, 5.41) is 19.8. The van der Waals surface area contributed by atoms with E-state index in [1.165, 1.54) is 19.6 Å². The predicted molar refractivity (Wildman–Crippen MR) is 133 cm³/mol. The van der Waals surface area contributed by atoms with Crippen LogP contribution in [0.4, 0.5) is 5.69 Å². The SMILES string of the molecule is C/C=C/CC.C=C(C(=O)O)C(/C=C(/Cl)NC)=Nc1cccc(C(C)=N)c1OC.CCC.[Zn]. The van der Waals surface area contributed by atoms with Crippen LogP contribution >= 0.6 is 11.6 Å². The number of hydrogen-bond donors (Lipinski definition) is 3. The molecule has 32 heavy (non-hydrogen) atoms. The zero-order chi connectivity index (χ0) is 24.4. The molecular formula is C24H36ClN3O3Zn. The normalized spacial score (nSPS) is 10.6. The molecule has 0 aliphatic carbocycles. The zero-order valence-corrected chi connectivity index (χ0v) is 24.1. The molecule has 0 amide bonds. The van der Waals surface area contributed by atoms with Gasteiger partial charge in [-0.3, -0.25) is 0 Å². The van der Waals surface area contributed by atoms with E-state index in [0.29, 0.717) is 22.7 Å². The number of para-hydroxylation sites is 1. The smallest absolute Gasteiger partial charge is 0.337 e. The van der Waals surface area contributed by atoms with E-state index in [2.05, 4.69) is 49.8 Å². The first-order valence-corrected chi connectivity index (χ1v) is 10.4. The average molecular weight is 515 g/mol. The van der Waals surface area contributed by atoms with Crippen molar-refractivity contribution in [2.24, 2.45) is 4.99 Å². The molecule has 1 rings (SSSR count). The molecule has 0 saturated carbocycles. The van der Waals surface area contributed by atoms with Crippen molar-refractivity contribution in [2.45, 2.75) is 47.5 Å². The van der Waals surface area contributed by atoms with Crippen molar-refractivity contribution < 1.29 is 34.1 Å². The van der Waals surface area contributed by atoms with Gasteiger partial charge >= 0.3 is 5.97 Å². The molecule has 174 valence electrons. The van der Waals surface area contributed by atoms with Crippen LogP contribution in [0.3, 0.4) is 0 Å². The Labute approximate surface area is 210 Å². The molecule has 1 aromatic rings. The molecule has 0 aliphatic heterocycles. The van der Waals surface area contributed by atoms with Gasteiger partial charge in [-0.2, -0.15) is 0 Å². The number of carbonyl (C=O) groups is 1.